The molecule has 2 N–H and O–H groups in total. The van der Waals surface area contributed by atoms with E-state index in [1.54, 1.807) is 30.3 Å². The van der Waals surface area contributed by atoms with E-state index in [0.717, 1.165) is 42.6 Å². The molecular formula is C25H27NO4. The molecule has 1 aromatic heterocycles. The highest BCUT2D eigenvalue weighted by molar-refractivity contribution is 5.94. The fraction of sp³-hybridized carbons (Fsp3) is 0.360. The van der Waals surface area contributed by atoms with Crippen molar-refractivity contribution in [2.24, 2.45) is 0 Å². The van der Waals surface area contributed by atoms with Gasteiger partial charge in [-0.2, -0.15) is 0 Å². The molecule has 3 aromatic rings. The summed E-state index contributed by atoms with van der Waals surface area (Å²) in [5.41, 5.74) is 3.17. The Morgan fingerprint density at radius 1 is 1.13 bits per heavy atom. The van der Waals surface area contributed by atoms with Crippen LogP contribution in [0.2, 0.25) is 0 Å². The standard InChI is InChI=1S/C25H27NO4/c1-15-12-19(16(2)26-21-11-7-6-10-18(21)25(28)29)24-20(13-15)22(27)14-23(30-24)17-8-4-3-5-9-17/h6-7,10-14,16-17,26H,3-5,8-9H2,1-2H3,(H,28,29). The highest BCUT2D eigenvalue weighted by atomic mass is 16.4. The molecule has 1 heterocycles. The number of aromatic carboxylic acids is 1. The van der Waals surface area contributed by atoms with Crippen molar-refractivity contribution in [3.63, 3.8) is 0 Å². The van der Waals surface area contributed by atoms with Crippen LogP contribution in [0.4, 0.5) is 5.69 Å². The topological polar surface area (TPSA) is 79.5 Å². The first-order valence-electron chi connectivity index (χ1n) is 10.6. The Morgan fingerprint density at radius 2 is 1.87 bits per heavy atom. The molecule has 1 saturated carbocycles. The molecule has 5 nitrogen and oxygen atoms in total. The molecule has 0 spiro atoms. The third kappa shape index (κ3) is 3.97. The number of hydrogen-bond donors (Lipinski definition) is 2. The zero-order valence-electron chi connectivity index (χ0n) is 17.4. The summed E-state index contributed by atoms with van der Waals surface area (Å²) in [6, 6.07) is 12.1. The van der Waals surface area contributed by atoms with Crippen molar-refractivity contribution >= 4 is 22.6 Å². The first-order valence-corrected chi connectivity index (χ1v) is 10.6. The zero-order valence-corrected chi connectivity index (χ0v) is 17.4. The second-order valence-corrected chi connectivity index (χ2v) is 8.30. The summed E-state index contributed by atoms with van der Waals surface area (Å²) in [5.74, 6) is 0.0851. The first-order chi connectivity index (χ1) is 14.4. The number of nitrogens with one attached hydrogen (secondary N) is 1. The first kappa shape index (κ1) is 20.2. The van der Waals surface area contributed by atoms with Crippen LogP contribution in [0.1, 0.15) is 78.2 Å². The van der Waals surface area contributed by atoms with Crippen molar-refractivity contribution in [1.82, 2.24) is 0 Å². The van der Waals surface area contributed by atoms with E-state index in [9.17, 15) is 14.7 Å². The summed E-state index contributed by atoms with van der Waals surface area (Å²) >= 11 is 0. The largest absolute Gasteiger partial charge is 0.478 e. The average molecular weight is 405 g/mol. The minimum Gasteiger partial charge on any atom is -0.478 e. The Bertz CT molecular complexity index is 1140. The summed E-state index contributed by atoms with van der Waals surface area (Å²) in [4.78, 5) is 24.5. The molecular weight excluding hydrogens is 378 g/mol. The van der Waals surface area contributed by atoms with Crippen LogP contribution in [-0.2, 0) is 0 Å². The predicted octanol–water partition coefficient (Wildman–Crippen LogP) is 6.02. The number of benzene rings is 2. The maximum Gasteiger partial charge on any atom is 0.337 e. The van der Waals surface area contributed by atoms with E-state index >= 15 is 0 Å². The molecule has 0 aliphatic heterocycles. The number of carboxylic acids is 1. The SMILES string of the molecule is Cc1cc(C(C)Nc2ccccc2C(=O)O)c2oc(C3CCCCC3)cc(=O)c2c1. The molecule has 30 heavy (non-hydrogen) atoms. The smallest absolute Gasteiger partial charge is 0.337 e. The van der Waals surface area contributed by atoms with Crippen LogP contribution in [0.25, 0.3) is 11.0 Å². The van der Waals surface area contributed by atoms with Gasteiger partial charge in [0.1, 0.15) is 11.3 Å². The van der Waals surface area contributed by atoms with Crippen molar-refractivity contribution in [2.45, 2.75) is 57.9 Å². The molecule has 0 amide bonds. The van der Waals surface area contributed by atoms with E-state index < -0.39 is 5.97 Å². The summed E-state index contributed by atoms with van der Waals surface area (Å²) < 4.78 is 6.35. The summed E-state index contributed by atoms with van der Waals surface area (Å²) in [5, 5.41) is 13.4. The van der Waals surface area contributed by atoms with Crippen LogP contribution >= 0.6 is 0 Å². The predicted molar refractivity (Wildman–Crippen MR) is 118 cm³/mol. The van der Waals surface area contributed by atoms with E-state index in [0.29, 0.717) is 22.6 Å². The maximum absolute atomic E-state index is 12.9. The van der Waals surface area contributed by atoms with Gasteiger partial charge < -0.3 is 14.8 Å². The third-order valence-electron chi connectivity index (χ3n) is 6.02. The molecule has 0 saturated heterocycles. The van der Waals surface area contributed by atoms with Crippen molar-refractivity contribution in [3.8, 4) is 0 Å². The van der Waals surface area contributed by atoms with Crippen molar-refractivity contribution in [1.29, 1.82) is 0 Å². The molecule has 0 bridgehead atoms. The minimum absolute atomic E-state index is 0.0140. The van der Waals surface area contributed by atoms with E-state index in [2.05, 4.69) is 5.32 Å². The highest BCUT2D eigenvalue weighted by Crippen LogP contribution is 2.35. The number of carboxylic acid groups (broad SMARTS) is 1. The van der Waals surface area contributed by atoms with Crippen molar-refractivity contribution < 1.29 is 14.3 Å². The lowest BCUT2D eigenvalue weighted by molar-refractivity contribution is 0.0698. The van der Waals surface area contributed by atoms with Gasteiger partial charge in [-0.1, -0.05) is 37.5 Å². The minimum atomic E-state index is -0.981. The molecule has 1 aliphatic carbocycles. The number of rotatable bonds is 5. The molecule has 5 heteroatoms. The molecule has 1 unspecified atom stereocenters. The maximum atomic E-state index is 12.9. The van der Waals surface area contributed by atoms with Crippen molar-refractivity contribution in [2.75, 3.05) is 5.32 Å². The highest BCUT2D eigenvalue weighted by Gasteiger charge is 2.22. The van der Waals surface area contributed by atoms with Gasteiger partial charge in [-0.05, 0) is 50.5 Å². The summed E-state index contributed by atoms with van der Waals surface area (Å²) in [7, 11) is 0. The molecule has 4 rings (SSSR count). The molecule has 0 radical (unpaired) electrons. The third-order valence-corrected chi connectivity index (χ3v) is 6.02. The zero-order chi connectivity index (χ0) is 21.3. The van der Waals surface area contributed by atoms with Crippen molar-refractivity contribution in [3.05, 3.63) is 75.1 Å². The van der Waals surface area contributed by atoms with Crippen LogP contribution < -0.4 is 10.7 Å². The van der Waals surface area contributed by atoms with Gasteiger partial charge in [-0.25, -0.2) is 4.79 Å². The van der Waals surface area contributed by atoms with E-state index in [1.165, 1.54) is 6.42 Å². The quantitative estimate of drug-likeness (QED) is 0.542. The van der Waals surface area contributed by atoms with Crippen LogP contribution in [0.15, 0.2) is 51.7 Å². The Hall–Kier alpha value is -3.08. The lowest BCUT2D eigenvalue weighted by Crippen LogP contribution is -2.14. The average Bonchev–Trinajstić information content (AvgIpc) is 2.74. The van der Waals surface area contributed by atoms with E-state index in [1.807, 2.05) is 26.0 Å². The lowest BCUT2D eigenvalue weighted by atomic mass is 9.87. The molecule has 156 valence electrons. The Labute approximate surface area is 175 Å². The molecule has 1 aliphatic rings. The number of aryl methyl sites for hydroxylation is 1. The monoisotopic (exact) mass is 405 g/mol. The lowest BCUT2D eigenvalue weighted by Gasteiger charge is -2.22. The number of anilines is 1. The van der Waals surface area contributed by atoms with Crippen LogP contribution in [0.3, 0.4) is 0 Å². The van der Waals surface area contributed by atoms with Gasteiger partial charge in [0.15, 0.2) is 5.43 Å². The number of hydrogen-bond acceptors (Lipinski definition) is 4. The normalized spacial score (nSPS) is 15.8. The second kappa shape index (κ2) is 8.34. The number of para-hydroxylation sites is 1. The van der Waals surface area contributed by atoms with Gasteiger partial charge >= 0.3 is 5.97 Å². The second-order valence-electron chi connectivity index (χ2n) is 8.30. The molecule has 1 atom stereocenters. The van der Waals surface area contributed by atoms with E-state index in [-0.39, 0.29) is 17.0 Å². The van der Waals surface area contributed by atoms with Gasteiger partial charge in [0.05, 0.1) is 17.0 Å². The van der Waals surface area contributed by atoms with Gasteiger partial charge in [-0.3, -0.25) is 4.79 Å². The molecule has 2 aromatic carbocycles. The van der Waals surface area contributed by atoms with Crippen LogP contribution in [0.5, 0.6) is 0 Å². The van der Waals surface area contributed by atoms with Gasteiger partial charge in [0.25, 0.3) is 0 Å². The van der Waals surface area contributed by atoms with Gasteiger partial charge in [-0.15, -0.1) is 0 Å². The van der Waals surface area contributed by atoms with Gasteiger partial charge in [0.2, 0.25) is 0 Å². The fourth-order valence-electron chi connectivity index (χ4n) is 4.47. The van der Waals surface area contributed by atoms with Gasteiger partial charge in [0, 0.05) is 23.2 Å². The Kier molecular flexibility index (Phi) is 5.62. The van der Waals surface area contributed by atoms with Crippen LogP contribution in [0, 0.1) is 6.92 Å². The Balaban J connectivity index is 1.78. The summed E-state index contributed by atoms with van der Waals surface area (Å²) in [6.07, 6.45) is 5.67. The Morgan fingerprint density at radius 3 is 2.60 bits per heavy atom. The van der Waals surface area contributed by atoms with E-state index in [4.69, 9.17) is 4.42 Å². The molecule has 1 fully saturated rings. The van der Waals surface area contributed by atoms with Crippen LogP contribution in [-0.4, -0.2) is 11.1 Å². The fourth-order valence-corrected chi connectivity index (χ4v) is 4.47. The summed E-state index contributed by atoms with van der Waals surface area (Å²) in [6.45, 7) is 3.91. The number of fused-ring (bicyclic) bond motifs is 1. The number of carbonyl (C=O) groups is 1.